The van der Waals surface area contributed by atoms with E-state index < -0.39 is 18.5 Å². The third-order valence-corrected chi connectivity index (χ3v) is 2.24. The van der Waals surface area contributed by atoms with E-state index in [0.29, 0.717) is 5.56 Å². The fraction of sp³-hybridized carbons (Fsp3) is 0.214. The number of rotatable bonds is 6. The van der Waals surface area contributed by atoms with Gasteiger partial charge in [0.15, 0.2) is 0 Å². The number of aliphatic hydroxyl groups excluding tert-OH is 1. The molecule has 1 aromatic carbocycles. The number of carbonyl (C=O) groups excluding carboxylic acids is 1. The minimum atomic E-state index is -1.14. The first-order valence-electron chi connectivity index (χ1n) is 5.93. The van der Waals surface area contributed by atoms with Crippen LogP contribution in [0.2, 0.25) is 0 Å². The highest BCUT2D eigenvalue weighted by Crippen LogP contribution is 2.15. The van der Waals surface area contributed by atoms with Crippen LogP contribution in [0.5, 0.6) is 0 Å². The SMILES string of the molecule is CCOC(=O)/C(C=NCC(=O)O)=C(/O)c1ccccc1. The molecule has 6 nitrogen and oxygen atoms in total. The summed E-state index contributed by atoms with van der Waals surface area (Å²) in [4.78, 5) is 25.7. The predicted molar refractivity (Wildman–Crippen MR) is 73.6 cm³/mol. The van der Waals surface area contributed by atoms with Gasteiger partial charge >= 0.3 is 11.9 Å². The summed E-state index contributed by atoms with van der Waals surface area (Å²) in [6.07, 6.45) is 1.01. The van der Waals surface area contributed by atoms with Crippen molar-refractivity contribution >= 4 is 23.9 Å². The number of aliphatic imine (C=N–C) groups is 1. The second kappa shape index (κ2) is 7.73. The Morgan fingerprint density at radius 3 is 2.45 bits per heavy atom. The minimum Gasteiger partial charge on any atom is -0.506 e. The molecule has 0 bridgehead atoms. The Morgan fingerprint density at radius 1 is 1.25 bits per heavy atom. The Bertz CT molecular complexity index is 534. The Morgan fingerprint density at radius 2 is 1.90 bits per heavy atom. The van der Waals surface area contributed by atoms with Crippen LogP contribution in [-0.4, -0.2) is 41.5 Å². The molecule has 0 aromatic heterocycles. The zero-order valence-corrected chi connectivity index (χ0v) is 10.9. The van der Waals surface area contributed by atoms with E-state index in [1.54, 1.807) is 37.3 Å². The topological polar surface area (TPSA) is 96.2 Å². The standard InChI is InChI=1S/C14H15NO5/c1-2-20-14(19)11(8-15-9-12(16)17)13(18)10-6-4-3-5-7-10/h3-8,18H,2,9H2,1H3,(H,16,17)/b13-11+,15-8?. The lowest BCUT2D eigenvalue weighted by Crippen LogP contribution is -2.12. The van der Waals surface area contributed by atoms with Gasteiger partial charge in [0.1, 0.15) is 17.9 Å². The Kier molecular flexibility index (Phi) is 5.96. The van der Waals surface area contributed by atoms with Crippen molar-refractivity contribution in [2.45, 2.75) is 6.92 Å². The average Bonchev–Trinajstić information content (AvgIpc) is 2.44. The number of aliphatic hydroxyl groups is 1. The molecule has 0 aliphatic rings. The average molecular weight is 277 g/mol. The van der Waals surface area contributed by atoms with E-state index >= 15 is 0 Å². The van der Waals surface area contributed by atoms with Crippen molar-refractivity contribution in [1.29, 1.82) is 0 Å². The summed E-state index contributed by atoms with van der Waals surface area (Å²) in [7, 11) is 0. The summed E-state index contributed by atoms with van der Waals surface area (Å²) >= 11 is 0. The second-order valence-corrected chi connectivity index (χ2v) is 3.71. The van der Waals surface area contributed by atoms with E-state index in [1.165, 1.54) is 0 Å². The van der Waals surface area contributed by atoms with Crippen LogP contribution in [0.3, 0.4) is 0 Å². The van der Waals surface area contributed by atoms with Crippen molar-refractivity contribution in [1.82, 2.24) is 0 Å². The molecule has 0 aliphatic carbocycles. The maximum atomic E-state index is 11.8. The smallest absolute Gasteiger partial charge is 0.343 e. The van der Waals surface area contributed by atoms with Crippen molar-refractivity contribution in [2.75, 3.05) is 13.2 Å². The van der Waals surface area contributed by atoms with Crippen molar-refractivity contribution in [3.8, 4) is 0 Å². The number of hydrogen-bond acceptors (Lipinski definition) is 5. The molecule has 0 aliphatic heterocycles. The monoisotopic (exact) mass is 277 g/mol. The van der Waals surface area contributed by atoms with Crippen LogP contribution in [0.15, 0.2) is 40.9 Å². The number of ether oxygens (including phenoxy) is 1. The number of carboxylic acids is 1. The van der Waals surface area contributed by atoms with Crippen LogP contribution in [0.25, 0.3) is 5.76 Å². The third-order valence-electron chi connectivity index (χ3n) is 2.24. The van der Waals surface area contributed by atoms with E-state index in [4.69, 9.17) is 9.84 Å². The zero-order chi connectivity index (χ0) is 15.0. The normalized spacial score (nSPS) is 12.1. The first-order chi connectivity index (χ1) is 9.56. The largest absolute Gasteiger partial charge is 0.506 e. The second-order valence-electron chi connectivity index (χ2n) is 3.71. The Labute approximate surface area is 116 Å². The van der Waals surface area contributed by atoms with Crippen molar-refractivity contribution < 1.29 is 24.5 Å². The van der Waals surface area contributed by atoms with Crippen molar-refractivity contribution in [3.63, 3.8) is 0 Å². The van der Waals surface area contributed by atoms with Crippen molar-refractivity contribution in [2.24, 2.45) is 4.99 Å². The lowest BCUT2D eigenvalue weighted by molar-refractivity contribution is -0.138. The van der Waals surface area contributed by atoms with Crippen LogP contribution in [0.4, 0.5) is 0 Å². The maximum absolute atomic E-state index is 11.8. The summed E-state index contributed by atoms with van der Waals surface area (Å²) in [5.74, 6) is -2.20. The van der Waals surface area contributed by atoms with Crippen LogP contribution < -0.4 is 0 Å². The maximum Gasteiger partial charge on any atom is 0.343 e. The van der Waals surface area contributed by atoms with Crippen LogP contribution in [-0.2, 0) is 14.3 Å². The highest BCUT2D eigenvalue weighted by atomic mass is 16.5. The van der Waals surface area contributed by atoms with Gasteiger partial charge in [-0.1, -0.05) is 30.3 Å². The van der Waals surface area contributed by atoms with E-state index in [-0.39, 0.29) is 17.9 Å². The van der Waals surface area contributed by atoms with Gasteiger partial charge < -0.3 is 14.9 Å². The molecule has 0 saturated carbocycles. The van der Waals surface area contributed by atoms with E-state index in [1.807, 2.05) is 0 Å². The Hall–Kier alpha value is -2.63. The molecule has 0 fully saturated rings. The molecule has 20 heavy (non-hydrogen) atoms. The zero-order valence-electron chi connectivity index (χ0n) is 10.9. The van der Waals surface area contributed by atoms with E-state index in [9.17, 15) is 14.7 Å². The van der Waals surface area contributed by atoms with Gasteiger partial charge in [0.05, 0.1) is 6.61 Å². The molecule has 0 radical (unpaired) electrons. The molecular formula is C14H15NO5. The number of aliphatic carboxylic acids is 1. The first kappa shape index (κ1) is 15.4. The van der Waals surface area contributed by atoms with E-state index in [2.05, 4.69) is 4.99 Å². The number of carbonyl (C=O) groups is 2. The van der Waals surface area contributed by atoms with Crippen LogP contribution in [0.1, 0.15) is 12.5 Å². The van der Waals surface area contributed by atoms with Crippen LogP contribution in [0, 0.1) is 0 Å². The molecule has 0 heterocycles. The molecule has 0 saturated heterocycles. The number of nitrogens with zero attached hydrogens (tertiary/aromatic N) is 1. The van der Waals surface area contributed by atoms with Gasteiger partial charge in [-0.2, -0.15) is 0 Å². The highest BCUT2D eigenvalue weighted by molar-refractivity contribution is 6.15. The molecule has 0 atom stereocenters. The fourth-order valence-electron chi connectivity index (χ4n) is 1.39. The first-order valence-corrected chi connectivity index (χ1v) is 5.93. The third kappa shape index (κ3) is 4.56. The number of benzene rings is 1. The summed E-state index contributed by atoms with van der Waals surface area (Å²) < 4.78 is 4.81. The highest BCUT2D eigenvalue weighted by Gasteiger charge is 2.16. The van der Waals surface area contributed by atoms with E-state index in [0.717, 1.165) is 6.21 Å². The molecule has 0 amide bonds. The Balaban J connectivity index is 3.11. The van der Waals surface area contributed by atoms with Gasteiger partial charge in [-0.15, -0.1) is 0 Å². The van der Waals surface area contributed by atoms with Gasteiger partial charge in [0.2, 0.25) is 0 Å². The van der Waals surface area contributed by atoms with Gasteiger partial charge in [-0.3, -0.25) is 9.79 Å². The van der Waals surface area contributed by atoms with Gasteiger partial charge in [0, 0.05) is 11.8 Å². The molecule has 106 valence electrons. The lowest BCUT2D eigenvalue weighted by Gasteiger charge is -2.06. The quantitative estimate of drug-likeness (QED) is 0.357. The molecular weight excluding hydrogens is 262 g/mol. The summed E-state index contributed by atoms with van der Waals surface area (Å²) in [5.41, 5.74) is 0.233. The molecule has 1 rings (SSSR count). The lowest BCUT2D eigenvalue weighted by atomic mass is 10.1. The fourth-order valence-corrected chi connectivity index (χ4v) is 1.39. The molecule has 0 spiro atoms. The molecule has 1 aromatic rings. The van der Waals surface area contributed by atoms with Gasteiger partial charge in [-0.05, 0) is 6.92 Å². The number of hydrogen-bond donors (Lipinski definition) is 2. The molecule has 2 N–H and O–H groups in total. The predicted octanol–water partition coefficient (Wildman–Crippen LogP) is 1.67. The van der Waals surface area contributed by atoms with Crippen molar-refractivity contribution in [3.05, 3.63) is 41.5 Å². The molecule has 0 unspecified atom stereocenters. The molecule has 6 heteroatoms. The van der Waals surface area contributed by atoms with Crippen LogP contribution >= 0.6 is 0 Å². The summed E-state index contributed by atoms with van der Waals surface area (Å²) in [5, 5.41) is 18.6. The summed E-state index contributed by atoms with van der Waals surface area (Å²) in [6, 6.07) is 8.38. The minimum absolute atomic E-state index is 0.136. The van der Waals surface area contributed by atoms with Gasteiger partial charge in [-0.25, -0.2) is 4.79 Å². The summed E-state index contributed by atoms with van der Waals surface area (Å²) in [6.45, 7) is 1.27. The number of esters is 1. The number of carboxylic acid groups (broad SMARTS) is 1. The van der Waals surface area contributed by atoms with Gasteiger partial charge in [0.25, 0.3) is 0 Å².